The topological polar surface area (TPSA) is 60.9 Å². The number of benzene rings is 1. The summed E-state index contributed by atoms with van der Waals surface area (Å²) in [6.45, 7) is 4.07. The number of aryl methyl sites for hydroxylation is 2. The molecular formula is C14H16FN3O. The van der Waals surface area contributed by atoms with Crippen LogP contribution < -0.4 is 11.3 Å². The first-order valence-electron chi connectivity index (χ1n) is 6.03. The van der Waals surface area contributed by atoms with Crippen LogP contribution in [0.3, 0.4) is 0 Å². The van der Waals surface area contributed by atoms with Crippen molar-refractivity contribution in [2.24, 2.45) is 5.73 Å². The molecule has 0 bridgehead atoms. The highest BCUT2D eigenvalue weighted by Gasteiger charge is 2.06. The highest BCUT2D eigenvalue weighted by atomic mass is 19.1. The van der Waals surface area contributed by atoms with Crippen LogP contribution >= 0.6 is 0 Å². The summed E-state index contributed by atoms with van der Waals surface area (Å²) in [6, 6.07) is 6.20. The van der Waals surface area contributed by atoms with Crippen LogP contribution in [0.2, 0.25) is 0 Å². The summed E-state index contributed by atoms with van der Waals surface area (Å²) in [5, 5.41) is 0. The van der Waals surface area contributed by atoms with Crippen molar-refractivity contribution in [3.05, 3.63) is 63.1 Å². The zero-order chi connectivity index (χ0) is 14.0. The van der Waals surface area contributed by atoms with Crippen molar-refractivity contribution in [2.45, 2.75) is 26.9 Å². The first kappa shape index (κ1) is 13.4. The molecule has 4 nitrogen and oxygen atoms in total. The Morgan fingerprint density at radius 3 is 2.68 bits per heavy atom. The maximum atomic E-state index is 13.4. The highest BCUT2D eigenvalue weighted by molar-refractivity contribution is 5.25. The van der Waals surface area contributed by atoms with E-state index in [1.807, 2.05) is 0 Å². The number of nitrogens with zero attached hydrogens (tertiary/aromatic N) is 2. The molecule has 0 aliphatic rings. The maximum absolute atomic E-state index is 13.4. The summed E-state index contributed by atoms with van der Waals surface area (Å²) in [5.41, 5.74) is 7.34. The Kier molecular flexibility index (Phi) is 3.76. The minimum atomic E-state index is -0.322. The normalized spacial score (nSPS) is 10.7. The van der Waals surface area contributed by atoms with Crippen LogP contribution in [0.1, 0.15) is 22.6 Å². The summed E-state index contributed by atoms with van der Waals surface area (Å²) < 4.78 is 14.9. The number of aromatic nitrogens is 2. The van der Waals surface area contributed by atoms with Crippen LogP contribution in [-0.4, -0.2) is 9.55 Å². The standard InChI is InChI=1S/C14H16FN3O/c1-9-5-14(19)18(10(2)17-9)8-11-3-4-13(15)12(6-11)7-16/h3-6H,7-8,16H2,1-2H3. The van der Waals surface area contributed by atoms with Gasteiger partial charge in [0.2, 0.25) is 0 Å². The third-order valence-corrected chi connectivity index (χ3v) is 3.00. The molecule has 0 radical (unpaired) electrons. The number of halogens is 1. The molecule has 0 aliphatic carbocycles. The van der Waals surface area contributed by atoms with Gasteiger partial charge in [0.1, 0.15) is 11.6 Å². The van der Waals surface area contributed by atoms with Gasteiger partial charge >= 0.3 is 0 Å². The first-order chi connectivity index (χ1) is 9.01. The van der Waals surface area contributed by atoms with E-state index in [0.717, 1.165) is 5.56 Å². The minimum Gasteiger partial charge on any atom is -0.326 e. The molecule has 100 valence electrons. The van der Waals surface area contributed by atoms with Crippen LogP contribution in [0.5, 0.6) is 0 Å². The zero-order valence-corrected chi connectivity index (χ0v) is 11.0. The quantitative estimate of drug-likeness (QED) is 0.911. The Hall–Kier alpha value is -2.01. The molecule has 0 unspecified atom stereocenters. The molecule has 0 spiro atoms. The van der Waals surface area contributed by atoms with Gasteiger partial charge in [0.25, 0.3) is 5.56 Å². The van der Waals surface area contributed by atoms with Crippen LogP contribution in [0.25, 0.3) is 0 Å². The number of hydrogen-bond donors (Lipinski definition) is 1. The van der Waals surface area contributed by atoms with Gasteiger partial charge in [0.15, 0.2) is 0 Å². The van der Waals surface area contributed by atoms with Crippen molar-refractivity contribution in [1.29, 1.82) is 0 Å². The molecule has 5 heteroatoms. The molecule has 0 amide bonds. The molecule has 0 aliphatic heterocycles. The summed E-state index contributed by atoms with van der Waals surface area (Å²) >= 11 is 0. The van der Waals surface area contributed by atoms with Crippen molar-refractivity contribution in [2.75, 3.05) is 0 Å². The van der Waals surface area contributed by atoms with Crippen molar-refractivity contribution >= 4 is 0 Å². The fourth-order valence-electron chi connectivity index (χ4n) is 2.02. The lowest BCUT2D eigenvalue weighted by Crippen LogP contribution is -2.24. The van der Waals surface area contributed by atoms with Gasteiger partial charge in [-0.25, -0.2) is 9.37 Å². The van der Waals surface area contributed by atoms with Crippen LogP contribution in [0.15, 0.2) is 29.1 Å². The van der Waals surface area contributed by atoms with Gasteiger partial charge in [-0.2, -0.15) is 0 Å². The molecule has 0 saturated heterocycles. The second-order valence-electron chi connectivity index (χ2n) is 4.50. The average Bonchev–Trinajstić information content (AvgIpc) is 2.35. The second-order valence-corrected chi connectivity index (χ2v) is 4.50. The van der Waals surface area contributed by atoms with E-state index in [0.29, 0.717) is 23.6 Å². The Balaban J connectivity index is 2.39. The largest absolute Gasteiger partial charge is 0.326 e. The van der Waals surface area contributed by atoms with Gasteiger partial charge in [0.05, 0.1) is 6.54 Å². The van der Waals surface area contributed by atoms with Crippen molar-refractivity contribution in [3.8, 4) is 0 Å². The van der Waals surface area contributed by atoms with Crippen molar-refractivity contribution in [1.82, 2.24) is 9.55 Å². The monoisotopic (exact) mass is 261 g/mol. The number of hydrogen-bond acceptors (Lipinski definition) is 3. The van der Waals surface area contributed by atoms with E-state index in [4.69, 9.17) is 5.73 Å². The van der Waals surface area contributed by atoms with Gasteiger partial charge in [-0.15, -0.1) is 0 Å². The summed E-state index contributed by atoms with van der Waals surface area (Å²) in [5.74, 6) is 0.320. The SMILES string of the molecule is Cc1cc(=O)n(Cc2ccc(F)c(CN)c2)c(C)n1. The molecule has 1 heterocycles. The van der Waals surface area contributed by atoms with Crippen LogP contribution in [0, 0.1) is 19.7 Å². The predicted molar refractivity (Wildman–Crippen MR) is 71.4 cm³/mol. The van der Waals surface area contributed by atoms with Gasteiger partial charge in [0, 0.05) is 23.9 Å². The van der Waals surface area contributed by atoms with Crippen molar-refractivity contribution in [3.63, 3.8) is 0 Å². The first-order valence-corrected chi connectivity index (χ1v) is 6.03. The average molecular weight is 261 g/mol. The Morgan fingerprint density at radius 1 is 1.32 bits per heavy atom. The van der Waals surface area contributed by atoms with Gasteiger partial charge in [-0.1, -0.05) is 6.07 Å². The second kappa shape index (κ2) is 5.32. The van der Waals surface area contributed by atoms with Gasteiger partial charge in [-0.3, -0.25) is 9.36 Å². The van der Waals surface area contributed by atoms with E-state index < -0.39 is 0 Å². The van der Waals surface area contributed by atoms with E-state index in [1.54, 1.807) is 30.5 Å². The molecule has 1 aromatic carbocycles. The summed E-state index contributed by atoms with van der Waals surface area (Å²) in [4.78, 5) is 16.2. The fourth-order valence-corrected chi connectivity index (χ4v) is 2.02. The third kappa shape index (κ3) is 2.88. The highest BCUT2D eigenvalue weighted by Crippen LogP contribution is 2.11. The smallest absolute Gasteiger partial charge is 0.254 e. The lowest BCUT2D eigenvalue weighted by Gasteiger charge is -2.11. The molecule has 0 saturated carbocycles. The predicted octanol–water partition coefficient (Wildman–Crippen LogP) is 1.51. The lowest BCUT2D eigenvalue weighted by atomic mass is 10.1. The molecule has 2 aromatic rings. The molecule has 2 N–H and O–H groups in total. The molecule has 0 fully saturated rings. The maximum Gasteiger partial charge on any atom is 0.254 e. The summed E-state index contributed by atoms with van der Waals surface area (Å²) in [6.07, 6.45) is 0. The molecular weight excluding hydrogens is 245 g/mol. The van der Waals surface area contributed by atoms with E-state index in [2.05, 4.69) is 4.98 Å². The number of rotatable bonds is 3. The molecule has 0 atom stereocenters. The van der Waals surface area contributed by atoms with Crippen molar-refractivity contribution < 1.29 is 4.39 Å². The summed E-state index contributed by atoms with van der Waals surface area (Å²) in [7, 11) is 0. The number of nitrogens with two attached hydrogens (primary N) is 1. The Bertz CT molecular complexity index is 664. The minimum absolute atomic E-state index is 0.108. The Labute approximate surface area is 110 Å². The van der Waals surface area contributed by atoms with E-state index in [-0.39, 0.29) is 17.9 Å². The lowest BCUT2D eigenvalue weighted by molar-refractivity contribution is 0.607. The van der Waals surface area contributed by atoms with E-state index in [1.165, 1.54) is 12.1 Å². The molecule has 19 heavy (non-hydrogen) atoms. The molecule has 2 rings (SSSR count). The van der Waals surface area contributed by atoms with E-state index >= 15 is 0 Å². The zero-order valence-electron chi connectivity index (χ0n) is 11.0. The van der Waals surface area contributed by atoms with Gasteiger partial charge in [-0.05, 0) is 31.5 Å². The Morgan fingerprint density at radius 2 is 2.05 bits per heavy atom. The third-order valence-electron chi connectivity index (χ3n) is 3.00. The van der Waals surface area contributed by atoms with Crippen LogP contribution in [0.4, 0.5) is 4.39 Å². The van der Waals surface area contributed by atoms with Gasteiger partial charge < -0.3 is 5.73 Å². The van der Waals surface area contributed by atoms with E-state index in [9.17, 15) is 9.18 Å². The molecule has 1 aromatic heterocycles. The fraction of sp³-hybridized carbons (Fsp3) is 0.286. The van der Waals surface area contributed by atoms with Crippen LogP contribution in [-0.2, 0) is 13.1 Å².